The van der Waals surface area contributed by atoms with Gasteiger partial charge in [-0.2, -0.15) is 0 Å². The number of ether oxygens (including phenoxy) is 1. The van der Waals surface area contributed by atoms with Crippen LogP contribution in [-0.2, 0) is 4.79 Å². The number of phenols is 1. The molecular weight excluding hydrogens is 286 g/mol. The van der Waals surface area contributed by atoms with Crippen LogP contribution in [0.15, 0.2) is 48.5 Å². The van der Waals surface area contributed by atoms with E-state index in [4.69, 9.17) is 9.84 Å². The van der Waals surface area contributed by atoms with E-state index in [0.29, 0.717) is 5.56 Å². The zero-order valence-electron chi connectivity index (χ0n) is 11.7. The highest BCUT2D eigenvalue weighted by molar-refractivity contribution is 6.10. The number of benzene rings is 2. The van der Waals surface area contributed by atoms with Gasteiger partial charge in [-0.15, -0.1) is 0 Å². The Hall–Kier alpha value is -2.86. The minimum Gasteiger partial charge on any atom is -0.507 e. The molecule has 0 aliphatic heterocycles. The number of aromatic hydroxyl groups is 1. The zero-order valence-corrected chi connectivity index (χ0v) is 11.7. The van der Waals surface area contributed by atoms with Crippen molar-refractivity contribution < 1.29 is 24.5 Å². The fourth-order valence-electron chi connectivity index (χ4n) is 1.83. The fourth-order valence-corrected chi connectivity index (χ4v) is 1.83. The molecular formula is C16H15NO5. The summed E-state index contributed by atoms with van der Waals surface area (Å²) in [5.41, 5.74) is 0.618. The van der Waals surface area contributed by atoms with Crippen LogP contribution in [0.2, 0.25) is 0 Å². The molecule has 0 heterocycles. The summed E-state index contributed by atoms with van der Waals surface area (Å²) in [6.07, 6.45) is 0. The number of carbonyl (C=O) groups excluding carboxylic acids is 2. The van der Waals surface area contributed by atoms with Crippen molar-refractivity contribution in [3.8, 4) is 11.5 Å². The predicted molar refractivity (Wildman–Crippen MR) is 78.7 cm³/mol. The van der Waals surface area contributed by atoms with Gasteiger partial charge in [0.2, 0.25) is 0 Å². The molecule has 6 heteroatoms. The maximum Gasteiger partial charge on any atom is 0.259 e. The number of hydrogen-bond acceptors (Lipinski definition) is 5. The lowest BCUT2D eigenvalue weighted by Gasteiger charge is -2.08. The number of carbonyl (C=O) groups is 2. The highest BCUT2D eigenvalue weighted by atomic mass is 16.5. The molecule has 0 aliphatic carbocycles. The van der Waals surface area contributed by atoms with E-state index in [1.165, 1.54) is 18.2 Å². The molecule has 0 saturated carbocycles. The second kappa shape index (κ2) is 7.24. The molecule has 0 saturated heterocycles. The molecule has 0 fully saturated rings. The summed E-state index contributed by atoms with van der Waals surface area (Å²) in [6.45, 7) is -0.774. The van der Waals surface area contributed by atoms with E-state index in [1.807, 2.05) is 0 Å². The van der Waals surface area contributed by atoms with Gasteiger partial charge in [0, 0.05) is 11.6 Å². The van der Waals surface area contributed by atoms with Crippen LogP contribution >= 0.6 is 0 Å². The molecule has 114 valence electrons. The first-order valence-electron chi connectivity index (χ1n) is 6.55. The van der Waals surface area contributed by atoms with Crippen LogP contribution in [0.3, 0.4) is 0 Å². The van der Waals surface area contributed by atoms with E-state index in [9.17, 15) is 14.7 Å². The van der Waals surface area contributed by atoms with E-state index >= 15 is 0 Å². The smallest absolute Gasteiger partial charge is 0.259 e. The minimum atomic E-state index is -0.494. The number of phenolic OH excluding ortho intramolecular Hbond substituents is 1. The highest BCUT2D eigenvalue weighted by Gasteiger charge is 2.14. The van der Waals surface area contributed by atoms with Gasteiger partial charge in [-0.3, -0.25) is 9.59 Å². The van der Waals surface area contributed by atoms with Gasteiger partial charge in [-0.05, 0) is 12.1 Å². The van der Waals surface area contributed by atoms with Gasteiger partial charge in [0.25, 0.3) is 5.91 Å². The molecule has 0 aliphatic rings. The Morgan fingerprint density at radius 2 is 1.82 bits per heavy atom. The Balaban J connectivity index is 2.10. The number of ketones is 1. The van der Waals surface area contributed by atoms with Gasteiger partial charge in [0.1, 0.15) is 18.2 Å². The molecule has 0 spiro atoms. The average molecular weight is 301 g/mol. The third-order valence-corrected chi connectivity index (χ3v) is 2.90. The summed E-state index contributed by atoms with van der Waals surface area (Å²) in [5, 5.41) is 20.6. The Labute approximate surface area is 127 Å². The zero-order chi connectivity index (χ0) is 15.9. The average Bonchev–Trinajstić information content (AvgIpc) is 2.53. The molecule has 2 rings (SSSR count). The summed E-state index contributed by atoms with van der Waals surface area (Å²) >= 11 is 0. The largest absolute Gasteiger partial charge is 0.507 e. The normalized spacial score (nSPS) is 10.0. The second-order valence-electron chi connectivity index (χ2n) is 4.42. The first-order chi connectivity index (χ1) is 10.6. The maximum atomic E-state index is 12.2. The van der Waals surface area contributed by atoms with Crippen molar-refractivity contribution in [3.63, 3.8) is 0 Å². The van der Waals surface area contributed by atoms with Crippen LogP contribution in [0.1, 0.15) is 15.9 Å². The summed E-state index contributed by atoms with van der Waals surface area (Å²) in [7, 11) is 0. The first-order valence-corrected chi connectivity index (χ1v) is 6.55. The number of aliphatic hydroxyl groups excluding tert-OH is 1. The third kappa shape index (κ3) is 3.83. The van der Waals surface area contributed by atoms with Crippen LogP contribution in [0.4, 0.5) is 0 Å². The van der Waals surface area contributed by atoms with Gasteiger partial charge in [-0.1, -0.05) is 30.3 Å². The molecule has 0 atom stereocenters. The number of nitrogens with one attached hydrogen (secondary N) is 1. The van der Waals surface area contributed by atoms with Crippen LogP contribution < -0.4 is 10.1 Å². The Morgan fingerprint density at radius 3 is 2.45 bits per heavy atom. The lowest BCUT2D eigenvalue weighted by molar-refractivity contribution is -0.124. The minimum absolute atomic E-state index is 0.151. The SMILES string of the molecule is O=C(COc1ccc(C(=O)c2ccccc2)c(O)c1)NCO. The standard InChI is InChI=1S/C16H15NO5/c18-10-17-15(20)9-22-12-6-7-13(14(19)8-12)16(21)11-4-2-1-3-5-11/h1-8,18-19H,9-10H2,(H,17,20). The predicted octanol–water partition coefficient (Wildman–Crippen LogP) is 1.07. The quantitative estimate of drug-likeness (QED) is 0.548. The first kappa shape index (κ1) is 15.5. The van der Waals surface area contributed by atoms with Crippen molar-refractivity contribution in [1.29, 1.82) is 0 Å². The third-order valence-electron chi connectivity index (χ3n) is 2.90. The number of aliphatic hydroxyl groups is 1. The lowest BCUT2D eigenvalue weighted by Crippen LogP contribution is -2.29. The molecule has 2 aromatic rings. The second-order valence-corrected chi connectivity index (χ2v) is 4.42. The Bertz CT molecular complexity index is 669. The van der Waals surface area contributed by atoms with Gasteiger partial charge in [0.15, 0.2) is 12.4 Å². The van der Waals surface area contributed by atoms with Crippen molar-refractivity contribution in [1.82, 2.24) is 5.32 Å². The number of hydrogen-bond donors (Lipinski definition) is 3. The topological polar surface area (TPSA) is 95.9 Å². The van der Waals surface area contributed by atoms with E-state index < -0.39 is 12.6 Å². The molecule has 22 heavy (non-hydrogen) atoms. The van der Waals surface area contributed by atoms with Gasteiger partial charge in [-0.25, -0.2) is 0 Å². The van der Waals surface area contributed by atoms with Crippen molar-refractivity contribution in [2.45, 2.75) is 0 Å². The molecule has 0 unspecified atom stereocenters. The van der Waals surface area contributed by atoms with Crippen molar-refractivity contribution in [3.05, 3.63) is 59.7 Å². The van der Waals surface area contributed by atoms with Gasteiger partial charge in [0.05, 0.1) is 5.56 Å². The van der Waals surface area contributed by atoms with Crippen LogP contribution in [0, 0.1) is 0 Å². The highest BCUT2D eigenvalue weighted by Crippen LogP contribution is 2.25. The molecule has 0 bridgehead atoms. The Morgan fingerprint density at radius 1 is 1.09 bits per heavy atom. The summed E-state index contributed by atoms with van der Waals surface area (Å²) < 4.78 is 5.15. The maximum absolute atomic E-state index is 12.2. The molecule has 0 aromatic heterocycles. The molecule has 1 amide bonds. The van der Waals surface area contributed by atoms with E-state index in [-0.39, 0.29) is 29.5 Å². The van der Waals surface area contributed by atoms with Crippen LogP contribution in [0.5, 0.6) is 11.5 Å². The molecule has 3 N–H and O–H groups in total. The Kier molecular flexibility index (Phi) is 5.11. The lowest BCUT2D eigenvalue weighted by atomic mass is 10.0. The number of rotatable bonds is 6. The van der Waals surface area contributed by atoms with Crippen molar-refractivity contribution >= 4 is 11.7 Å². The van der Waals surface area contributed by atoms with Crippen LogP contribution in [0.25, 0.3) is 0 Å². The van der Waals surface area contributed by atoms with Crippen molar-refractivity contribution in [2.24, 2.45) is 0 Å². The summed E-state index contributed by atoms with van der Waals surface area (Å²) in [5.74, 6) is -0.779. The molecule has 2 aromatic carbocycles. The fraction of sp³-hybridized carbons (Fsp3) is 0.125. The van der Waals surface area contributed by atoms with Gasteiger partial charge < -0.3 is 20.3 Å². The summed E-state index contributed by atoms with van der Waals surface area (Å²) in [4.78, 5) is 23.4. The summed E-state index contributed by atoms with van der Waals surface area (Å²) in [6, 6.07) is 12.8. The van der Waals surface area contributed by atoms with E-state index in [1.54, 1.807) is 30.3 Å². The monoisotopic (exact) mass is 301 g/mol. The molecule has 6 nitrogen and oxygen atoms in total. The van der Waals surface area contributed by atoms with Gasteiger partial charge >= 0.3 is 0 Å². The van der Waals surface area contributed by atoms with Crippen LogP contribution in [-0.4, -0.2) is 35.2 Å². The van der Waals surface area contributed by atoms with E-state index in [2.05, 4.69) is 5.32 Å². The molecule has 0 radical (unpaired) electrons. The van der Waals surface area contributed by atoms with Crippen molar-refractivity contribution in [2.75, 3.05) is 13.3 Å². The van der Waals surface area contributed by atoms with E-state index in [0.717, 1.165) is 0 Å². The number of amides is 1.